The zero-order valence-corrected chi connectivity index (χ0v) is 19.9. The molecule has 3 rings (SSSR count). The van der Waals surface area contributed by atoms with E-state index in [0.717, 1.165) is 15.6 Å². The molecule has 0 spiro atoms. The van der Waals surface area contributed by atoms with Crippen LogP contribution in [0, 0.1) is 25.0 Å². The minimum Gasteiger partial charge on any atom is -0.488 e. The van der Waals surface area contributed by atoms with E-state index in [1.54, 1.807) is 30.3 Å². The van der Waals surface area contributed by atoms with Gasteiger partial charge in [-0.2, -0.15) is 5.26 Å². The monoisotopic (exact) mass is 553 g/mol. The number of anilines is 1. The fourth-order valence-corrected chi connectivity index (χ4v) is 3.68. The van der Waals surface area contributed by atoms with Gasteiger partial charge in [0.25, 0.3) is 11.6 Å². The summed E-state index contributed by atoms with van der Waals surface area (Å²) >= 11 is 2.10. The van der Waals surface area contributed by atoms with Crippen LogP contribution in [0.15, 0.2) is 72.3 Å². The highest BCUT2D eigenvalue weighted by molar-refractivity contribution is 14.1. The number of nitrogens with zero attached hydrogens (tertiary/aromatic N) is 2. The lowest BCUT2D eigenvalue weighted by atomic mass is 10.1. The van der Waals surface area contributed by atoms with Gasteiger partial charge in [-0.1, -0.05) is 37.3 Å². The Hall–Kier alpha value is -3.71. The summed E-state index contributed by atoms with van der Waals surface area (Å²) in [4.78, 5) is 23.0. The molecule has 33 heavy (non-hydrogen) atoms. The number of ether oxygens (including phenoxy) is 1. The topological polar surface area (TPSA) is 105 Å². The number of benzene rings is 3. The van der Waals surface area contributed by atoms with Gasteiger partial charge in [-0.25, -0.2) is 0 Å². The second kappa shape index (κ2) is 11.2. The van der Waals surface area contributed by atoms with Crippen LogP contribution in [0.1, 0.15) is 23.6 Å². The van der Waals surface area contributed by atoms with E-state index in [0.29, 0.717) is 22.6 Å². The van der Waals surface area contributed by atoms with Crippen molar-refractivity contribution in [3.63, 3.8) is 0 Å². The molecule has 0 aliphatic heterocycles. The van der Waals surface area contributed by atoms with Crippen LogP contribution >= 0.6 is 22.6 Å². The maximum Gasteiger partial charge on any atom is 0.269 e. The molecule has 0 unspecified atom stereocenters. The summed E-state index contributed by atoms with van der Waals surface area (Å²) in [6.07, 6.45) is 2.42. The van der Waals surface area contributed by atoms with Crippen LogP contribution in [-0.2, 0) is 17.8 Å². The van der Waals surface area contributed by atoms with Crippen LogP contribution in [0.5, 0.6) is 5.75 Å². The van der Waals surface area contributed by atoms with Crippen LogP contribution in [0.4, 0.5) is 11.4 Å². The van der Waals surface area contributed by atoms with Crippen molar-refractivity contribution in [2.24, 2.45) is 0 Å². The Labute approximate surface area is 205 Å². The van der Waals surface area contributed by atoms with Crippen molar-refractivity contribution < 1.29 is 14.5 Å². The van der Waals surface area contributed by atoms with Crippen molar-refractivity contribution in [1.29, 1.82) is 5.26 Å². The SMILES string of the molecule is CCc1ccc(NC(=O)/C(C#N)=C/c2ccc(OCc3cccc([N+](=O)[O-])c3)c(I)c2)cc1. The quantitative estimate of drug-likeness (QED) is 0.123. The molecule has 0 heterocycles. The summed E-state index contributed by atoms with van der Waals surface area (Å²) in [5.74, 6) is 0.112. The molecule has 0 saturated heterocycles. The summed E-state index contributed by atoms with van der Waals surface area (Å²) in [6.45, 7) is 2.23. The van der Waals surface area contributed by atoms with Crippen molar-refractivity contribution in [2.45, 2.75) is 20.0 Å². The number of hydrogen-bond donors (Lipinski definition) is 1. The highest BCUT2D eigenvalue weighted by Crippen LogP contribution is 2.25. The largest absolute Gasteiger partial charge is 0.488 e. The molecule has 0 radical (unpaired) electrons. The molecule has 3 aromatic carbocycles. The van der Waals surface area contributed by atoms with Gasteiger partial charge in [0.1, 0.15) is 24.0 Å². The first kappa shape index (κ1) is 23.9. The predicted molar refractivity (Wildman–Crippen MR) is 135 cm³/mol. The van der Waals surface area contributed by atoms with E-state index < -0.39 is 10.8 Å². The van der Waals surface area contributed by atoms with E-state index >= 15 is 0 Å². The van der Waals surface area contributed by atoms with Gasteiger partial charge in [-0.05, 0) is 76.0 Å². The number of nitro groups is 1. The zero-order valence-electron chi connectivity index (χ0n) is 17.7. The predicted octanol–water partition coefficient (Wildman–Crippen LogP) is 5.89. The molecular formula is C25H20IN3O4. The second-order valence-corrected chi connectivity index (χ2v) is 8.24. The van der Waals surface area contributed by atoms with E-state index in [2.05, 4.69) is 34.8 Å². The molecule has 0 aliphatic rings. The van der Waals surface area contributed by atoms with Gasteiger partial charge in [-0.3, -0.25) is 14.9 Å². The number of carbonyl (C=O) groups excluding carboxylic acids is 1. The van der Waals surface area contributed by atoms with Gasteiger partial charge >= 0.3 is 0 Å². The number of nitro benzene ring substituents is 1. The lowest BCUT2D eigenvalue weighted by molar-refractivity contribution is -0.384. The molecule has 3 aromatic rings. The van der Waals surface area contributed by atoms with Gasteiger partial charge in [0, 0.05) is 17.8 Å². The number of amides is 1. The number of nitrogens with one attached hydrogen (secondary N) is 1. The number of rotatable bonds is 8. The molecule has 0 fully saturated rings. The third-order valence-corrected chi connectivity index (χ3v) is 5.61. The molecule has 8 heteroatoms. The number of aryl methyl sites for hydroxylation is 1. The molecular weight excluding hydrogens is 533 g/mol. The van der Waals surface area contributed by atoms with Crippen molar-refractivity contribution in [3.8, 4) is 11.8 Å². The highest BCUT2D eigenvalue weighted by atomic mass is 127. The fourth-order valence-electron chi connectivity index (χ4n) is 2.98. The average molecular weight is 553 g/mol. The van der Waals surface area contributed by atoms with Gasteiger partial charge < -0.3 is 10.1 Å². The van der Waals surface area contributed by atoms with E-state index in [1.807, 2.05) is 30.3 Å². The molecule has 0 aromatic heterocycles. The lowest BCUT2D eigenvalue weighted by Gasteiger charge is -2.09. The van der Waals surface area contributed by atoms with Crippen molar-refractivity contribution in [1.82, 2.24) is 0 Å². The molecule has 0 aliphatic carbocycles. The van der Waals surface area contributed by atoms with Crippen molar-refractivity contribution in [3.05, 3.63) is 103 Å². The van der Waals surface area contributed by atoms with Crippen LogP contribution in [0.3, 0.4) is 0 Å². The van der Waals surface area contributed by atoms with Crippen molar-refractivity contribution >= 4 is 45.9 Å². The first-order valence-corrected chi connectivity index (χ1v) is 11.1. The summed E-state index contributed by atoms with van der Waals surface area (Å²) in [6, 6.07) is 21.0. The van der Waals surface area contributed by atoms with E-state index in [9.17, 15) is 20.2 Å². The number of nitriles is 1. The molecule has 0 atom stereocenters. The Morgan fingerprint density at radius 1 is 1.15 bits per heavy atom. The normalized spacial score (nSPS) is 10.9. The maximum atomic E-state index is 12.5. The zero-order chi connectivity index (χ0) is 23.8. The summed E-state index contributed by atoms with van der Waals surface area (Å²) in [5, 5.41) is 23.1. The Balaban J connectivity index is 1.69. The summed E-state index contributed by atoms with van der Waals surface area (Å²) in [7, 11) is 0. The third kappa shape index (κ3) is 6.63. The number of halogens is 1. The smallest absolute Gasteiger partial charge is 0.269 e. The minimum absolute atomic E-state index is 0.00917. The third-order valence-electron chi connectivity index (χ3n) is 4.77. The van der Waals surface area contributed by atoms with E-state index in [-0.39, 0.29) is 17.9 Å². The number of non-ortho nitro benzene ring substituents is 1. The lowest BCUT2D eigenvalue weighted by Crippen LogP contribution is -2.13. The molecule has 7 nitrogen and oxygen atoms in total. The van der Waals surface area contributed by atoms with Crippen LogP contribution in [-0.4, -0.2) is 10.8 Å². The Kier molecular flexibility index (Phi) is 8.16. The molecule has 1 amide bonds. The van der Waals surface area contributed by atoms with Gasteiger partial charge in [0.05, 0.1) is 8.49 Å². The van der Waals surface area contributed by atoms with E-state index in [4.69, 9.17) is 4.74 Å². The van der Waals surface area contributed by atoms with Crippen molar-refractivity contribution in [2.75, 3.05) is 5.32 Å². The Morgan fingerprint density at radius 2 is 1.91 bits per heavy atom. The molecule has 0 bridgehead atoms. The first-order valence-electron chi connectivity index (χ1n) is 10.1. The average Bonchev–Trinajstić information content (AvgIpc) is 2.82. The maximum absolute atomic E-state index is 12.5. The van der Waals surface area contributed by atoms with Gasteiger partial charge in [0.15, 0.2) is 0 Å². The molecule has 0 saturated carbocycles. The van der Waals surface area contributed by atoms with Gasteiger partial charge in [0.2, 0.25) is 0 Å². The molecule has 166 valence electrons. The van der Waals surface area contributed by atoms with Gasteiger partial charge in [-0.15, -0.1) is 0 Å². The Morgan fingerprint density at radius 3 is 2.55 bits per heavy atom. The van der Waals surface area contributed by atoms with Crippen LogP contribution in [0.2, 0.25) is 0 Å². The first-order chi connectivity index (χ1) is 15.9. The number of carbonyl (C=O) groups is 1. The minimum atomic E-state index is -0.484. The van der Waals surface area contributed by atoms with Crippen LogP contribution in [0.25, 0.3) is 6.08 Å². The number of hydrogen-bond acceptors (Lipinski definition) is 5. The summed E-state index contributed by atoms with van der Waals surface area (Å²) < 4.78 is 6.57. The Bertz CT molecular complexity index is 1250. The standard InChI is InChI=1S/C25H20IN3O4/c1-2-17-6-9-21(10-7-17)28-25(30)20(15-27)12-18-8-11-24(23(26)14-18)33-16-19-4-3-5-22(13-19)29(31)32/h3-14H,2,16H2,1H3,(H,28,30)/b20-12+. The summed E-state index contributed by atoms with van der Waals surface area (Å²) in [5.41, 5.74) is 3.13. The fraction of sp³-hybridized carbons (Fsp3) is 0.120. The second-order valence-electron chi connectivity index (χ2n) is 7.08. The van der Waals surface area contributed by atoms with Crippen LogP contribution < -0.4 is 10.1 Å². The van der Waals surface area contributed by atoms with E-state index in [1.165, 1.54) is 18.2 Å². The highest BCUT2D eigenvalue weighted by Gasteiger charge is 2.11. The molecule has 1 N–H and O–H groups in total.